The lowest BCUT2D eigenvalue weighted by atomic mass is 10.1. The van der Waals surface area contributed by atoms with Gasteiger partial charge in [0.1, 0.15) is 0 Å². The van der Waals surface area contributed by atoms with E-state index >= 15 is 0 Å². The summed E-state index contributed by atoms with van der Waals surface area (Å²) in [5, 5.41) is 21.7. The van der Waals surface area contributed by atoms with Gasteiger partial charge < -0.3 is 15.5 Å². The van der Waals surface area contributed by atoms with Gasteiger partial charge in [-0.15, -0.1) is 0 Å². The Hall–Kier alpha value is -1.23. The van der Waals surface area contributed by atoms with Crippen molar-refractivity contribution in [1.82, 2.24) is 5.32 Å². The Bertz CT molecular complexity index is 388. The summed E-state index contributed by atoms with van der Waals surface area (Å²) in [7, 11) is 1.70. The maximum Gasteiger partial charge on any atom is 0.0899 e. The molecule has 0 bridgehead atoms. The number of unbranched alkanes of at least 4 members (excludes halogenated alkanes) is 1. The molecule has 1 rings (SSSR count). The Morgan fingerprint density at radius 3 is 2.50 bits per heavy atom. The number of benzene rings is 1. The largest absolute Gasteiger partial charge is 0.395 e. The molecule has 0 saturated heterocycles. The zero-order chi connectivity index (χ0) is 14.8. The maximum atomic E-state index is 12.0. The van der Waals surface area contributed by atoms with Gasteiger partial charge in [0.15, 0.2) is 0 Å². The fourth-order valence-corrected chi connectivity index (χ4v) is 1.93. The summed E-state index contributed by atoms with van der Waals surface area (Å²) < 4.78 is 12.0. The van der Waals surface area contributed by atoms with Crippen molar-refractivity contribution >= 4 is 6.08 Å². The van der Waals surface area contributed by atoms with Crippen LogP contribution < -0.4 is 5.32 Å². The highest BCUT2D eigenvalue weighted by atomic mass is 19.1. The zero-order valence-electron chi connectivity index (χ0n) is 11.9. The van der Waals surface area contributed by atoms with Crippen LogP contribution in [0.2, 0.25) is 0 Å². The number of nitrogens with one attached hydrogen (secondary N) is 1. The van der Waals surface area contributed by atoms with Crippen molar-refractivity contribution in [3.8, 4) is 0 Å². The Morgan fingerprint density at radius 2 is 1.95 bits per heavy atom. The van der Waals surface area contributed by atoms with E-state index in [1.54, 1.807) is 13.1 Å². The summed E-state index contributed by atoms with van der Waals surface area (Å²) >= 11 is 0. The number of aliphatic hydroxyl groups is 2. The molecule has 3 nitrogen and oxygen atoms in total. The van der Waals surface area contributed by atoms with Gasteiger partial charge in [-0.2, -0.15) is 0 Å². The lowest BCUT2D eigenvalue weighted by Gasteiger charge is -2.16. The molecule has 4 heteroatoms. The molecule has 1 aromatic carbocycles. The van der Waals surface area contributed by atoms with Crippen molar-refractivity contribution in [3.63, 3.8) is 0 Å². The zero-order valence-corrected chi connectivity index (χ0v) is 11.9. The van der Waals surface area contributed by atoms with E-state index in [0.717, 1.165) is 18.4 Å². The minimum atomic E-state index is -0.728. The van der Waals surface area contributed by atoms with E-state index in [9.17, 15) is 9.50 Å². The van der Waals surface area contributed by atoms with Crippen molar-refractivity contribution in [2.24, 2.45) is 0 Å². The van der Waals surface area contributed by atoms with Crippen LogP contribution in [0.3, 0.4) is 0 Å². The average Bonchev–Trinajstić information content (AvgIpc) is 2.48. The van der Waals surface area contributed by atoms with Crippen LogP contribution in [0.25, 0.3) is 6.08 Å². The van der Waals surface area contributed by atoms with Crippen molar-refractivity contribution < 1.29 is 14.6 Å². The molecule has 112 valence electrons. The highest BCUT2D eigenvalue weighted by molar-refractivity contribution is 5.50. The second-order valence-electron chi connectivity index (χ2n) is 4.82. The molecule has 1 aromatic rings. The highest BCUT2D eigenvalue weighted by Gasteiger charge is 2.12. The quantitative estimate of drug-likeness (QED) is 0.606. The third kappa shape index (κ3) is 5.82. The van der Waals surface area contributed by atoms with Crippen molar-refractivity contribution in [2.75, 3.05) is 20.3 Å². The van der Waals surface area contributed by atoms with E-state index in [4.69, 9.17) is 5.11 Å². The van der Waals surface area contributed by atoms with Crippen LogP contribution >= 0.6 is 0 Å². The minimum absolute atomic E-state index is 0.116. The first-order valence-corrected chi connectivity index (χ1v) is 7.00. The van der Waals surface area contributed by atoms with Crippen molar-refractivity contribution in [2.45, 2.75) is 31.4 Å². The molecule has 0 aliphatic rings. The average molecular weight is 281 g/mol. The molecule has 0 aromatic heterocycles. The first-order valence-electron chi connectivity index (χ1n) is 7.00. The summed E-state index contributed by atoms with van der Waals surface area (Å²) in [6.45, 7) is -0.369. The fourth-order valence-electron chi connectivity index (χ4n) is 1.93. The molecule has 0 fully saturated rings. The highest BCUT2D eigenvalue weighted by Crippen LogP contribution is 2.10. The van der Waals surface area contributed by atoms with E-state index in [0.29, 0.717) is 6.42 Å². The normalized spacial score (nSPS) is 14.6. The minimum Gasteiger partial charge on any atom is -0.395 e. The van der Waals surface area contributed by atoms with Crippen LogP contribution in [0.15, 0.2) is 30.3 Å². The van der Waals surface area contributed by atoms with E-state index in [1.807, 2.05) is 30.3 Å². The molecule has 0 radical (unpaired) electrons. The molecule has 0 aliphatic carbocycles. The summed E-state index contributed by atoms with van der Waals surface area (Å²) in [4.78, 5) is 0. The lowest BCUT2D eigenvalue weighted by Crippen LogP contribution is -2.39. The van der Waals surface area contributed by atoms with Crippen molar-refractivity contribution in [3.05, 3.63) is 41.5 Å². The summed E-state index contributed by atoms with van der Waals surface area (Å²) in [6, 6.07) is 7.63. The van der Waals surface area contributed by atoms with Gasteiger partial charge in [0.2, 0.25) is 0 Å². The summed E-state index contributed by atoms with van der Waals surface area (Å²) in [5.74, 6) is 0. The van der Waals surface area contributed by atoms with Gasteiger partial charge >= 0.3 is 0 Å². The molecular formula is C16H24FNO2. The number of hydrogen-bond donors (Lipinski definition) is 3. The van der Waals surface area contributed by atoms with E-state index in [2.05, 4.69) is 5.32 Å². The third-order valence-corrected chi connectivity index (χ3v) is 3.29. The van der Waals surface area contributed by atoms with Gasteiger partial charge in [0.25, 0.3) is 0 Å². The van der Waals surface area contributed by atoms with Gasteiger partial charge in [0, 0.05) is 0 Å². The van der Waals surface area contributed by atoms with Crippen LogP contribution in [0.5, 0.6) is 0 Å². The number of aliphatic hydroxyl groups excluding tert-OH is 2. The first-order chi connectivity index (χ1) is 9.71. The second kappa shape index (κ2) is 9.64. The second-order valence-corrected chi connectivity index (χ2v) is 4.82. The molecule has 0 aliphatic heterocycles. The molecular weight excluding hydrogens is 257 g/mol. The van der Waals surface area contributed by atoms with Crippen LogP contribution in [0.4, 0.5) is 4.39 Å². The van der Waals surface area contributed by atoms with Crippen molar-refractivity contribution in [1.29, 1.82) is 0 Å². The third-order valence-electron chi connectivity index (χ3n) is 3.29. The lowest BCUT2D eigenvalue weighted by molar-refractivity contribution is 0.128. The number of halogens is 1. The van der Waals surface area contributed by atoms with Crippen LogP contribution in [0.1, 0.15) is 24.0 Å². The van der Waals surface area contributed by atoms with Crippen LogP contribution in [0, 0.1) is 0 Å². The summed E-state index contributed by atoms with van der Waals surface area (Å²) in [6.07, 6.45) is 5.13. The molecule has 2 atom stereocenters. The van der Waals surface area contributed by atoms with Crippen LogP contribution in [-0.4, -0.2) is 42.7 Å². The number of hydrogen-bond acceptors (Lipinski definition) is 3. The van der Waals surface area contributed by atoms with Gasteiger partial charge in [0.05, 0.1) is 25.4 Å². The standard InChI is InChI=1S/C16H24FNO2/c1-18-15(12-19)16(20)10-9-14-7-5-13(6-8-14)4-2-3-11-17/h5-10,15-16,18-20H,2-4,11-12H2,1H3/b10-9+/t15-,16+/m1/s1. The predicted octanol–water partition coefficient (Wildman–Crippen LogP) is 1.93. The predicted molar refractivity (Wildman–Crippen MR) is 80.3 cm³/mol. The number of rotatable bonds is 9. The number of aryl methyl sites for hydroxylation is 1. The topological polar surface area (TPSA) is 52.5 Å². The smallest absolute Gasteiger partial charge is 0.0899 e. The molecule has 3 N–H and O–H groups in total. The maximum absolute atomic E-state index is 12.0. The molecule has 0 heterocycles. The SMILES string of the molecule is CN[C@H](CO)[C@@H](O)/C=C/c1ccc(CCCCF)cc1. The molecule has 20 heavy (non-hydrogen) atoms. The molecule has 0 amide bonds. The van der Waals surface area contributed by atoms with Crippen LogP contribution in [-0.2, 0) is 6.42 Å². The van der Waals surface area contributed by atoms with Gasteiger partial charge in [-0.25, -0.2) is 0 Å². The number of alkyl halides is 1. The molecule has 0 saturated carbocycles. The monoisotopic (exact) mass is 281 g/mol. The van der Waals surface area contributed by atoms with Gasteiger partial charge in [-0.3, -0.25) is 4.39 Å². The Morgan fingerprint density at radius 1 is 1.25 bits per heavy atom. The van der Waals surface area contributed by atoms with Gasteiger partial charge in [-0.05, 0) is 37.4 Å². The Kier molecular flexibility index (Phi) is 8.11. The Balaban J connectivity index is 2.52. The van der Waals surface area contributed by atoms with E-state index < -0.39 is 6.10 Å². The van der Waals surface area contributed by atoms with E-state index in [-0.39, 0.29) is 19.3 Å². The first kappa shape index (κ1) is 16.8. The van der Waals surface area contributed by atoms with Gasteiger partial charge in [-0.1, -0.05) is 36.4 Å². The van der Waals surface area contributed by atoms with E-state index in [1.165, 1.54) is 5.56 Å². The summed E-state index contributed by atoms with van der Waals surface area (Å²) in [5.41, 5.74) is 2.19. The Labute approximate surface area is 120 Å². The molecule has 0 spiro atoms. The fraction of sp³-hybridized carbons (Fsp3) is 0.500. The molecule has 0 unspecified atom stereocenters. The number of likely N-dealkylation sites (N-methyl/N-ethyl adjacent to an activating group) is 1.